The molecule has 2 N–H and O–H groups in total. The van der Waals surface area contributed by atoms with Crippen LogP contribution in [0, 0.1) is 0 Å². The van der Waals surface area contributed by atoms with E-state index in [2.05, 4.69) is 0 Å². The molecule has 0 aromatic heterocycles. The van der Waals surface area contributed by atoms with Gasteiger partial charge < -0.3 is 18.8 Å². The normalized spacial score (nSPS) is 3.43. The summed E-state index contributed by atoms with van der Waals surface area (Å²) in [5.41, 5.74) is 0. The minimum atomic E-state index is -1.83. The van der Waals surface area contributed by atoms with Crippen molar-refractivity contribution in [2.75, 3.05) is 0 Å². The standard InChI is InChI=1S/CH2O3.3Ca.6H/c2-1(3)4;;;;;;;;;/h(H2,2,3,4);;;;;;;;;/q;3*+2;6*-1. The quantitative estimate of drug-likeness (QED) is 0.516. The predicted molar refractivity (Wildman–Crippen MR) is 34.6 cm³/mol. The first kappa shape index (κ1) is 22.5. The molecule has 0 aliphatic heterocycles. The van der Waals surface area contributed by atoms with E-state index in [0.717, 1.165) is 0 Å². The molecule has 0 radical (unpaired) electrons. The second kappa shape index (κ2) is 16.0. The Morgan fingerprint density at radius 3 is 1.14 bits per heavy atom. The number of carbonyl (C=O) groups is 1. The van der Waals surface area contributed by atoms with Gasteiger partial charge in [0.1, 0.15) is 0 Å². The molecule has 0 heterocycles. The van der Waals surface area contributed by atoms with Crippen LogP contribution in [-0.4, -0.2) is 130 Å². The van der Waals surface area contributed by atoms with Gasteiger partial charge in [0.05, 0.1) is 0 Å². The van der Waals surface area contributed by atoms with Crippen molar-refractivity contribution in [2.45, 2.75) is 0 Å². The smallest absolute Gasteiger partial charge is 1.00 e. The van der Waals surface area contributed by atoms with Gasteiger partial charge in [0, 0.05) is 0 Å². The zero-order chi connectivity index (χ0) is 3.58. The molecule has 0 rings (SSSR count). The Labute approximate surface area is 140 Å². The van der Waals surface area contributed by atoms with Crippen molar-refractivity contribution in [1.29, 1.82) is 0 Å². The molecule has 36 valence electrons. The fourth-order valence-corrected chi connectivity index (χ4v) is 0. The third-order valence-electron chi connectivity index (χ3n) is 0. The van der Waals surface area contributed by atoms with E-state index in [1.54, 1.807) is 0 Å². The van der Waals surface area contributed by atoms with Crippen LogP contribution >= 0.6 is 0 Å². The molecule has 0 fully saturated rings. The third-order valence-corrected chi connectivity index (χ3v) is 0. The summed E-state index contributed by atoms with van der Waals surface area (Å²) in [6.07, 6.45) is -1.83. The van der Waals surface area contributed by atoms with Crippen molar-refractivity contribution in [3.63, 3.8) is 0 Å². The Morgan fingerprint density at radius 1 is 1.14 bits per heavy atom. The Bertz CT molecular complexity index is 46.1. The first-order valence-corrected chi connectivity index (χ1v) is 0.651. The molecule has 0 aliphatic carbocycles. The van der Waals surface area contributed by atoms with Crippen LogP contribution in [0.25, 0.3) is 0 Å². The maximum Gasteiger partial charge on any atom is 2.00 e. The molecule has 7 heavy (non-hydrogen) atoms. The molecule has 0 aliphatic rings. The van der Waals surface area contributed by atoms with Crippen LogP contribution in [0.15, 0.2) is 0 Å². The van der Waals surface area contributed by atoms with Crippen molar-refractivity contribution < 1.29 is 23.6 Å². The van der Waals surface area contributed by atoms with E-state index in [-0.39, 0.29) is 122 Å². The average molecular weight is 188 g/mol. The van der Waals surface area contributed by atoms with Crippen LogP contribution in [0.1, 0.15) is 8.56 Å². The van der Waals surface area contributed by atoms with Gasteiger partial charge in [-0.25, -0.2) is 4.79 Å². The molecule has 0 amide bonds. The topological polar surface area (TPSA) is 57.5 Å². The van der Waals surface area contributed by atoms with Crippen molar-refractivity contribution in [3.05, 3.63) is 0 Å². The number of hydrogen-bond donors (Lipinski definition) is 2. The molecular formula is CH8Ca3O3. The SMILES string of the molecule is O=C(O)O.[Ca+2].[Ca+2].[Ca+2].[H-].[H-].[H-].[H-].[H-].[H-]. The van der Waals surface area contributed by atoms with Crippen molar-refractivity contribution >= 4 is 119 Å². The third kappa shape index (κ3) is 48.4. The summed E-state index contributed by atoms with van der Waals surface area (Å²) < 4.78 is 0. The minimum absolute atomic E-state index is 0. The number of carboxylic acid groups (broad SMARTS) is 2. The van der Waals surface area contributed by atoms with Crippen molar-refractivity contribution in [1.82, 2.24) is 0 Å². The monoisotopic (exact) mass is 188 g/mol. The molecule has 6 heteroatoms. The molecule has 0 bridgehead atoms. The Kier molecular flexibility index (Phi) is 51.5. The van der Waals surface area contributed by atoms with E-state index in [4.69, 9.17) is 15.0 Å². The van der Waals surface area contributed by atoms with E-state index < -0.39 is 6.16 Å². The van der Waals surface area contributed by atoms with E-state index in [0.29, 0.717) is 0 Å². The van der Waals surface area contributed by atoms with Gasteiger partial charge >= 0.3 is 119 Å². The van der Waals surface area contributed by atoms with Crippen LogP contribution in [0.3, 0.4) is 0 Å². The molecule has 0 atom stereocenters. The van der Waals surface area contributed by atoms with Crippen LogP contribution < -0.4 is 0 Å². The molecule has 0 saturated heterocycles. The second-order valence-corrected chi connectivity index (χ2v) is 0.283. The number of hydrogen-bond acceptors (Lipinski definition) is 1. The molecule has 0 aromatic rings. The summed E-state index contributed by atoms with van der Waals surface area (Å²) in [6, 6.07) is 0. The molecule has 3 nitrogen and oxygen atoms in total. The van der Waals surface area contributed by atoms with Gasteiger partial charge in [-0.15, -0.1) is 0 Å². The van der Waals surface area contributed by atoms with E-state index in [1.165, 1.54) is 0 Å². The largest absolute Gasteiger partial charge is 2.00 e. The summed E-state index contributed by atoms with van der Waals surface area (Å²) in [7, 11) is 0. The average Bonchev–Trinajstić information content (AvgIpc) is 0.811. The minimum Gasteiger partial charge on any atom is -1.00 e. The van der Waals surface area contributed by atoms with Gasteiger partial charge in [0.2, 0.25) is 0 Å². The van der Waals surface area contributed by atoms with Crippen LogP contribution in [0.4, 0.5) is 4.79 Å². The van der Waals surface area contributed by atoms with Crippen LogP contribution in [0.5, 0.6) is 0 Å². The van der Waals surface area contributed by atoms with Crippen molar-refractivity contribution in [3.8, 4) is 0 Å². The Balaban J connectivity index is -0.00000000125. The van der Waals surface area contributed by atoms with Gasteiger partial charge in [0.25, 0.3) is 0 Å². The second-order valence-electron chi connectivity index (χ2n) is 0.283. The van der Waals surface area contributed by atoms with Crippen LogP contribution in [0.2, 0.25) is 0 Å². The summed E-state index contributed by atoms with van der Waals surface area (Å²) in [4.78, 5) is 8.56. The first-order chi connectivity index (χ1) is 1.73. The molecule has 0 spiro atoms. The molecule has 0 aromatic carbocycles. The zero-order valence-electron chi connectivity index (χ0n) is 9.92. The molecular weight excluding hydrogens is 180 g/mol. The van der Waals surface area contributed by atoms with E-state index in [9.17, 15) is 0 Å². The maximum absolute atomic E-state index is 8.56. The van der Waals surface area contributed by atoms with Gasteiger partial charge in [0.15, 0.2) is 0 Å². The summed E-state index contributed by atoms with van der Waals surface area (Å²) in [5.74, 6) is 0. The van der Waals surface area contributed by atoms with Gasteiger partial charge in [-0.3, -0.25) is 0 Å². The van der Waals surface area contributed by atoms with Crippen LogP contribution in [-0.2, 0) is 0 Å². The molecule has 0 unspecified atom stereocenters. The van der Waals surface area contributed by atoms with E-state index >= 15 is 0 Å². The zero-order valence-corrected chi connectivity index (χ0v) is 10.5. The van der Waals surface area contributed by atoms with Gasteiger partial charge in [-0.05, 0) is 0 Å². The van der Waals surface area contributed by atoms with Crippen molar-refractivity contribution in [2.24, 2.45) is 0 Å². The first-order valence-electron chi connectivity index (χ1n) is 0.651. The van der Waals surface area contributed by atoms with Gasteiger partial charge in [-0.1, -0.05) is 0 Å². The van der Waals surface area contributed by atoms with E-state index in [1.807, 2.05) is 0 Å². The predicted octanol–water partition coefficient (Wildman–Crippen LogP) is -0.245. The maximum atomic E-state index is 8.56. The summed E-state index contributed by atoms with van der Waals surface area (Å²) in [6.45, 7) is 0. The number of rotatable bonds is 0. The Morgan fingerprint density at radius 2 is 1.14 bits per heavy atom. The Hall–Kier alpha value is 3.05. The summed E-state index contributed by atoms with van der Waals surface area (Å²) in [5, 5.41) is 13.9. The summed E-state index contributed by atoms with van der Waals surface area (Å²) >= 11 is 0. The fourth-order valence-electron chi connectivity index (χ4n) is 0. The fraction of sp³-hybridized carbons (Fsp3) is 0. The molecule has 0 saturated carbocycles. The van der Waals surface area contributed by atoms with Gasteiger partial charge in [-0.2, -0.15) is 0 Å².